The van der Waals surface area contributed by atoms with Crippen LogP contribution < -0.4 is 0 Å². The van der Waals surface area contributed by atoms with Gasteiger partial charge in [0.25, 0.3) is 5.91 Å². The summed E-state index contributed by atoms with van der Waals surface area (Å²) in [5, 5.41) is 11.1. The topological polar surface area (TPSA) is 96.9 Å². The molecular weight excluding hydrogens is 304 g/mol. The Kier molecular flexibility index (Phi) is 4.44. The van der Waals surface area contributed by atoms with Crippen molar-refractivity contribution in [3.05, 3.63) is 22.2 Å². The largest absolute Gasteiger partial charge is 0.366 e. The number of hydrogen-bond donors (Lipinski definition) is 1. The quantitative estimate of drug-likeness (QED) is 0.902. The molecule has 22 heavy (non-hydrogen) atoms. The second kappa shape index (κ2) is 6.49. The third kappa shape index (κ3) is 2.86. The number of nitrogens with one attached hydrogen (secondary N) is 1. The number of ether oxygens (including phenoxy) is 1. The number of carbonyl (C=O) groups is 1. The lowest BCUT2D eigenvalue weighted by molar-refractivity contribution is -0.0265. The van der Waals surface area contributed by atoms with E-state index in [2.05, 4.69) is 24.8 Å². The molecular formula is C13H18N6O2S. The van der Waals surface area contributed by atoms with Crippen molar-refractivity contribution in [2.45, 2.75) is 32.8 Å². The molecule has 8 nitrogen and oxygen atoms in total. The Morgan fingerprint density at radius 1 is 1.45 bits per heavy atom. The Hall–Kier alpha value is -1.87. The third-order valence-corrected chi connectivity index (χ3v) is 4.37. The van der Waals surface area contributed by atoms with Crippen molar-refractivity contribution >= 4 is 17.4 Å². The SMILES string of the molecule is CCc1nc([C@@H]2CN(C(=O)c3snnc3CC)CCO2)n[nH]1. The zero-order valence-electron chi connectivity index (χ0n) is 12.6. The van der Waals surface area contributed by atoms with Crippen molar-refractivity contribution in [1.29, 1.82) is 0 Å². The van der Waals surface area contributed by atoms with E-state index in [-0.39, 0.29) is 12.0 Å². The predicted molar refractivity (Wildman–Crippen MR) is 79.6 cm³/mol. The molecule has 0 unspecified atom stereocenters. The smallest absolute Gasteiger partial charge is 0.267 e. The number of amides is 1. The van der Waals surface area contributed by atoms with Crippen molar-refractivity contribution in [2.75, 3.05) is 19.7 Å². The molecule has 0 saturated carbocycles. The van der Waals surface area contributed by atoms with Crippen molar-refractivity contribution in [1.82, 2.24) is 29.7 Å². The van der Waals surface area contributed by atoms with Gasteiger partial charge in [0, 0.05) is 13.0 Å². The maximum absolute atomic E-state index is 12.6. The fraction of sp³-hybridized carbons (Fsp3) is 0.615. The predicted octanol–water partition coefficient (Wildman–Crippen LogP) is 0.995. The average Bonchev–Trinajstić information content (AvgIpc) is 3.23. The van der Waals surface area contributed by atoms with Crippen molar-refractivity contribution in [3.8, 4) is 0 Å². The van der Waals surface area contributed by atoms with Crippen LogP contribution in [0, 0.1) is 0 Å². The molecule has 1 saturated heterocycles. The molecule has 1 fully saturated rings. The molecule has 118 valence electrons. The van der Waals surface area contributed by atoms with Crippen LogP contribution in [0.25, 0.3) is 0 Å². The first-order valence-electron chi connectivity index (χ1n) is 7.36. The highest BCUT2D eigenvalue weighted by Gasteiger charge is 2.30. The van der Waals surface area contributed by atoms with Gasteiger partial charge in [-0.3, -0.25) is 9.89 Å². The lowest BCUT2D eigenvalue weighted by Crippen LogP contribution is -2.42. The molecule has 2 aromatic heterocycles. The van der Waals surface area contributed by atoms with Crippen LogP contribution in [0.1, 0.15) is 47.0 Å². The van der Waals surface area contributed by atoms with Gasteiger partial charge in [0.1, 0.15) is 16.8 Å². The van der Waals surface area contributed by atoms with Crippen molar-refractivity contribution in [3.63, 3.8) is 0 Å². The first kappa shape index (κ1) is 15.0. The number of aryl methyl sites for hydroxylation is 2. The molecule has 1 atom stereocenters. The summed E-state index contributed by atoms with van der Waals surface area (Å²) >= 11 is 1.15. The van der Waals surface area contributed by atoms with Gasteiger partial charge in [0.05, 0.1) is 18.8 Å². The number of aromatic amines is 1. The van der Waals surface area contributed by atoms with Crippen LogP contribution in [0.4, 0.5) is 0 Å². The summed E-state index contributed by atoms with van der Waals surface area (Å²) in [4.78, 5) is 19.4. The number of aromatic nitrogens is 5. The van der Waals surface area contributed by atoms with Gasteiger partial charge < -0.3 is 9.64 Å². The molecule has 9 heteroatoms. The molecule has 0 radical (unpaired) electrons. The van der Waals surface area contributed by atoms with Gasteiger partial charge in [-0.1, -0.05) is 18.3 Å². The maximum atomic E-state index is 12.6. The minimum Gasteiger partial charge on any atom is -0.366 e. The fourth-order valence-corrected chi connectivity index (χ4v) is 3.07. The normalized spacial score (nSPS) is 18.6. The molecule has 1 N–H and O–H groups in total. The van der Waals surface area contributed by atoms with E-state index in [1.165, 1.54) is 0 Å². The summed E-state index contributed by atoms with van der Waals surface area (Å²) in [6.45, 7) is 5.45. The minimum atomic E-state index is -0.291. The van der Waals surface area contributed by atoms with Gasteiger partial charge in [-0.25, -0.2) is 4.98 Å². The molecule has 0 spiro atoms. The zero-order chi connectivity index (χ0) is 15.5. The maximum Gasteiger partial charge on any atom is 0.267 e. The van der Waals surface area contributed by atoms with Crippen LogP contribution in [-0.2, 0) is 17.6 Å². The van der Waals surface area contributed by atoms with Gasteiger partial charge in [-0.2, -0.15) is 5.10 Å². The molecule has 1 amide bonds. The Labute approximate surface area is 132 Å². The standard InChI is InChI=1S/C13H18N6O2S/c1-3-8-11(22-18-15-8)13(20)19-5-6-21-9(7-19)12-14-10(4-2)16-17-12/h9H,3-7H2,1-2H3,(H,14,16,17)/t9-/m0/s1. The number of nitrogens with zero attached hydrogens (tertiary/aromatic N) is 5. The first-order chi connectivity index (χ1) is 10.7. The minimum absolute atomic E-state index is 0.0357. The summed E-state index contributed by atoms with van der Waals surface area (Å²) in [5.74, 6) is 1.39. The monoisotopic (exact) mass is 322 g/mol. The third-order valence-electron chi connectivity index (χ3n) is 3.61. The number of H-pyrrole nitrogens is 1. The van der Waals surface area contributed by atoms with E-state index >= 15 is 0 Å². The summed E-state index contributed by atoms with van der Waals surface area (Å²) < 4.78 is 9.59. The van der Waals surface area contributed by atoms with Crippen LogP contribution in [0.15, 0.2) is 0 Å². The summed E-state index contributed by atoms with van der Waals surface area (Å²) in [6, 6.07) is 0. The summed E-state index contributed by atoms with van der Waals surface area (Å²) in [7, 11) is 0. The van der Waals surface area contributed by atoms with E-state index in [0.29, 0.717) is 36.8 Å². The van der Waals surface area contributed by atoms with Crippen LogP contribution in [-0.4, -0.2) is 55.3 Å². The zero-order valence-corrected chi connectivity index (χ0v) is 13.4. The Bertz CT molecular complexity index is 655. The van der Waals surface area contributed by atoms with Crippen LogP contribution in [0.5, 0.6) is 0 Å². The van der Waals surface area contributed by atoms with E-state index in [9.17, 15) is 4.79 Å². The van der Waals surface area contributed by atoms with E-state index < -0.39 is 0 Å². The molecule has 3 rings (SSSR count). The van der Waals surface area contributed by atoms with E-state index in [1.54, 1.807) is 4.90 Å². The van der Waals surface area contributed by atoms with Gasteiger partial charge in [-0.05, 0) is 18.0 Å². The fourth-order valence-electron chi connectivity index (χ4n) is 2.35. The van der Waals surface area contributed by atoms with E-state index in [0.717, 1.165) is 29.5 Å². The van der Waals surface area contributed by atoms with Crippen LogP contribution >= 0.6 is 11.5 Å². The molecule has 1 aliphatic rings. The highest BCUT2D eigenvalue weighted by molar-refractivity contribution is 7.08. The summed E-state index contributed by atoms with van der Waals surface area (Å²) in [5.41, 5.74) is 0.754. The molecule has 0 bridgehead atoms. The lowest BCUT2D eigenvalue weighted by Gasteiger charge is -2.31. The van der Waals surface area contributed by atoms with E-state index in [1.807, 2.05) is 13.8 Å². The second-order valence-corrected chi connectivity index (χ2v) is 5.76. The molecule has 2 aromatic rings. The number of morpholine rings is 1. The number of rotatable bonds is 4. The number of hydrogen-bond acceptors (Lipinski definition) is 7. The Morgan fingerprint density at radius 2 is 2.32 bits per heavy atom. The molecule has 0 aliphatic carbocycles. The van der Waals surface area contributed by atoms with Gasteiger partial charge in [0.2, 0.25) is 0 Å². The second-order valence-electron chi connectivity index (χ2n) is 5.01. The molecule has 3 heterocycles. The summed E-state index contributed by atoms with van der Waals surface area (Å²) in [6.07, 6.45) is 1.20. The molecule has 0 aromatic carbocycles. The van der Waals surface area contributed by atoms with Gasteiger partial charge in [-0.15, -0.1) is 5.10 Å². The van der Waals surface area contributed by atoms with Crippen LogP contribution in [0.3, 0.4) is 0 Å². The van der Waals surface area contributed by atoms with Gasteiger partial charge >= 0.3 is 0 Å². The Balaban J connectivity index is 1.74. The van der Waals surface area contributed by atoms with Crippen molar-refractivity contribution in [2.24, 2.45) is 0 Å². The highest BCUT2D eigenvalue weighted by atomic mass is 32.1. The Morgan fingerprint density at radius 3 is 3.05 bits per heavy atom. The van der Waals surface area contributed by atoms with Crippen molar-refractivity contribution < 1.29 is 9.53 Å². The van der Waals surface area contributed by atoms with Crippen LogP contribution in [0.2, 0.25) is 0 Å². The average molecular weight is 322 g/mol. The van der Waals surface area contributed by atoms with E-state index in [4.69, 9.17) is 4.74 Å². The lowest BCUT2D eigenvalue weighted by atomic mass is 10.2. The number of carbonyl (C=O) groups excluding carboxylic acids is 1. The molecule has 1 aliphatic heterocycles. The highest BCUT2D eigenvalue weighted by Crippen LogP contribution is 2.22. The first-order valence-corrected chi connectivity index (χ1v) is 8.13. The van der Waals surface area contributed by atoms with Gasteiger partial charge in [0.15, 0.2) is 5.82 Å².